The molecule has 0 bridgehead atoms. The van der Waals surface area contributed by atoms with Gasteiger partial charge in [0.15, 0.2) is 5.03 Å². The van der Waals surface area contributed by atoms with Crippen molar-refractivity contribution < 1.29 is 8.42 Å². The maximum Gasteiger partial charge on any atom is 0.262 e. The van der Waals surface area contributed by atoms with Crippen LogP contribution in [0.4, 0.5) is 5.82 Å². The average molecular weight is 322 g/mol. The van der Waals surface area contributed by atoms with E-state index in [1.807, 2.05) is 0 Å². The van der Waals surface area contributed by atoms with Gasteiger partial charge in [0.05, 0.1) is 30.5 Å². The number of anilines is 1. The van der Waals surface area contributed by atoms with E-state index in [0.29, 0.717) is 18.1 Å². The van der Waals surface area contributed by atoms with Crippen molar-refractivity contribution in [3.8, 4) is 0 Å². The molecule has 2 aromatic rings. The van der Waals surface area contributed by atoms with Crippen LogP contribution in [-0.4, -0.2) is 45.8 Å². The van der Waals surface area contributed by atoms with Gasteiger partial charge in [0, 0.05) is 26.8 Å². The molecule has 1 saturated heterocycles. The summed E-state index contributed by atoms with van der Waals surface area (Å²) in [4.78, 5) is 12.5. The third-order valence-electron chi connectivity index (χ3n) is 3.71. The van der Waals surface area contributed by atoms with Crippen molar-refractivity contribution in [2.24, 2.45) is 7.05 Å². The predicted molar refractivity (Wildman–Crippen MR) is 80.7 cm³/mol. The fourth-order valence-corrected chi connectivity index (χ4v) is 4.27. The molecule has 22 heavy (non-hydrogen) atoms. The third-order valence-corrected chi connectivity index (χ3v) is 5.50. The van der Waals surface area contributed by atoms with Gasteiger partial charge in [0.2, 0.25) is 0 Å². The van der Waals surface area contributed by atoms with E-state index in [1.54, 1.807) is 31.1 Å². The molecule has 118 valence electrons. The normalized spacial score (nSPS) is 19.5. The molecule has 0 amide bonds. The van der Waals surface area contributed by atoms with Gasteiger partial charge in [-0.15, -0.1) is 0 Å². The van der Waals surface area contributed by atoms with Crippen LogP contribution in [0.5, 0.6) is 0 Å². The van der Waals surface area contributed by atoms with Gasteiger partial charge in [0.1, 0.15) is 5.82 Å². The SMILES string of the molecule is CNc1cncc([C@H]2CCCN2S(=O)(=O)c2cn(C)cn2)n1. The van der Waals surface area contributed by atoms with Gasteiger partial charge in [-0.05, 0) is 12.8 Å². The van der Waals surface area contributed by atoms with Crippen molar-refractivity contribution in [1.82, 2.24) is 23.8 Å². The Morgan fingerprint density at radius 3 is 2.86 bits per heavy atom. The van der Waals surface area contributed by atoms with Gasteiger partial charge < -0.3 is 9.88 Å². The molecule has 0 radical (unpaired) electrons. The number of aromatic nitrogens is 4. The van der Waals surface area contributed by atoms with Crippen molar-refractivity contribution >= 4 is 15.8 Å². The zero-order chi connectivity index (χ0) is 15.7. The Morgan fingerprint density at radius 1 is 1.36 bits per heavy atom. The largest absolute Gasteiger partial charge is 0.372 e. The first-order valence-electron chi connectivity index (χ1n) is 7.02. The predicted octanol–water partition coefficient (Wildman–Crippen LogP) is 0.778. The third kappa shape index (κ3) is 2.57. The lowest BCUT2D eigenvalue weighted by molar-refractivity contribution is 0.388. The highest BCUT2D eigenvalue weighted by molar-refractivity contribution is 7.89. The van der Waals surface area contributed by atoms with Gasteiger partial charge >= 0.3 is 0 Å². The molecule has 0 unspecified atom stereocenters. The second-order valence-electron chi connectivity index (χ2n) is 5.23. The van der Waals surface area contributed by atoms with Crippen LogP contribution < -0.4 is 5.32 Å². The van der Waals surface area contributed by atoms with Gasteiger partial charge in [-0.2, -0.15) is 4.31 Å². The van der Waals surface area contributed by atoms with Gasteiger partial charge in [0.25, 0.3) is 10.0 Å². The van der Waals surface area contributed by atoms with Crippen molar-refractivity contribution in [1.29, 1.82) is 0 Å². The Kier molecular flexibility index (Phi) is 3.83. The van der Waals surface area contributed by atoms with E-state index in [0.717, 1.165) is 12.8 Å². The summed E-state index contributed by atoms with van der Waals surface area (Å²) in [6.45, 7) is 0.467. The maximum atomic E-state index is 12.8. The molecule has 3 rings (SSSR count). The Morgan fingerprint density at radius 2 is 2.18 bits per heavy atom. The Labute approximate surface area is 129 Å². The van der Waals surface area contributed by atoms with Gasteiger partial charge in [-0.1, -0.05) is 0 Å². The molecular formula is C13H18N6O2S. The molecule has 0 aliphatic carbocycles. The smallest absolute Gasteiger partial charge is 0.262 e. The fraction of sp³-hybridized carbons (Fsp3) is 0.462. The van der Waals surface area contributed by atoms with Crippen LogP contribution in [0.15, 0.2) is 29.9 Å². The number of nitrogens with zero attached hydrogens (tertiary/aromatic N) is 5. The molecule has 1 aliphatic heterocycles. The molecule has 0 aromatic carbocycles. The summed E-state index contributed by atoms with van der Waals surface area (Å²) in [5.41, 5.74) is 0.656. The summed E-state index contributed by atoms with van der Waals surface area (Å²) in [7, 11) is -0.121. The fourth-order valence-electron chi connectivity index (χ4n) is 2.63. The van der Waals surface area contributed by atoms with Crippen molar-refractivity contribution in [2.75, 3.05) is 18.9 Å². The summed E-state index contributed by atoms with van der Waals surface area (Å²) >= 11 is 0. The van der Waals surface area contributed by atoms with Crippen molar-refractivity contribution in [3.05, 3.63) is 30.6 Å². The van der Waals surface area contributed by atoms with Crippen LogP contribution in [0, 0.1) is 0 Å². The summed E-state index contributed by atoms with van der Waals surface area (Å²) in [5.74, 6) is 0.625. The molecule has 8 nitrogen and oxygen atoms in total. The second-order valence-corrected chi connectivity index (χ2v) is 7.07. The zero-order valence-electron chi connectivity index (χ0n) is 12.5. The minimum atomic E-state index is -3.62. The quantitative estimate of drug-likeness (QED) is 0.894. The van der Waals surface area contributed by atoms with Crippen LogP contribution in [0.2, 0.25) is 0 Å². The molecule has 1 aliphatic rings. The molecule has 9 heteroatoms. The lowest BCUT2D eigenvalue weighted by Crippen LogP contribution is -2.31. The zero-order valence-corrected chi connectivity index (χ0v) is 13.3. The lowest BCUT2D eigenvalue weighted by atomic mass is 10.2. The molecule has 0 saturated carbocycles. The van der Waals surface area contributed by atoms with Crippen LogP contribution in [0.25, 0.3) is 0 Å². The first-order chi connectivity index (χ1) is 10.5. The highest BCUT2D eigenvalue weighted by Crippen LogP contribution is 2.35. The van der Waals surface area contributed by atoms with E-state index < -0.39 is 10.0 Å². The van der Waals surface area contributed by atoms with Crippen molar-refractivity contribution in [3.63, 3.8) is 0 Å². The van der Waals surface area contributed by atoms with Crippen LogP contribution in [0.1, 0.15) is 24.6 Å². The number of hydrogen-bond donors (Lipinski definition) is 1. The van der Waals surface area contributed by atoms with Gasteiger partial charge in [-0.25, -0.2) is 18.4 Å². The molecule has 0 spiro atoms. The minimum absolute atomic E-state index is 0.0691. The average Bonchev–Trinajstić information content (AvgIpc) is 3.16. The summed E-state index contributed by atoms with van der Waals surface area (Å²) in [6.07, 6.45) is 7.75. The van der Waals surface area contributed by atoms with Crippen LogP contribution >= 0.6 is 0 Å². The molecular weight excluding hydrogens is 304 g/mol. The molecule has 1 fully saturated rings. The van der Waals surface area contributed by atoms with E-state index in [-0.39, 0.29) is 11.1 Å². The minimum Gasteiger partial charge on any atom is -0.372 e. The second kappa shape index (κ2) is 5.65. The first kappa shape index (κ1) is 14.9. The summed E-state index contributed by atoms with van der Waals surface area (Å²) in [5, 5.41) is 2.99. The highest BCUT2D eigenvalue weighted by Gasteiger charge is 2.38. The molecule has 2 aromatic heterocycles. The highest BCUT2D eigenvalue weighted by atomic mass is 32.2. The van der Waals surface area contributed by atoms with E-state index in [1.165, 1.54) is 16.8 Å². The Balaban J connectivity index is 1.96. The number of nitrogens with one attached hydrogen (secondary N) is 1. The standard InChI is InChI=1S/C13H18N6O2S/c1-14-12-7-15-6-10(17-12)11-4-3-5-19(11)22(20,21)13-8-18(2)9-16-13/h6-9,11H,3-5H2,1-2H3,(H,14,17)/t11-/m1/s1. The molecule has 3 heterocycles. The summed E-state index contributed by atoms with van der Waals surface area (Å²) in [6, 6.07) is -0.298. The van der Waals surface area contributed by atoms with Crippen molar-refractivity contribution in [2.45, 2.75) is 23.9 Å². The van der Waals surface area contributed by atoms with Gasteiger partial charge in [-0.3, -0.25) is 4.98 Å². The molecule has 1 atom stereocenters. The first-order valence-corrected chi connectivity index (χ1v) is 8.46. The number of aryl methyl sites for hydroxylation is 1. The van der Waals surface area contributed by atoms with Crippen LogP contribution in [0.3, 0.4) is 0 Å². The molecule has 1 N–H and O–H groups in total. The monoisotopic (exact) mass is 322 g/mol. The van der Waals surface area contributed by atoms with E-state index in [9.17, 15) is 8.42 Å². The number of sulfonamides is 1. The van der Waals surface area contributed by atoms with E-state index in [4.69, 9.17) is 0 Å². The topological polar surface area (TPSA) is 93.0 Å². The lowest BCUT2D eigenvalue weighted by Gasteiger charge is -2.22. The number of hydrogen-bond acceptors (Lipinski definition) is 6. The Hall–Kier alpha value is -2.00. The van der Waals surface area contributed by atoms with E-state index >= 15 is 0 Å². The Bertz CT molecular complexity index is 772. The number of rotatable bonds is 4. The van der Waals surface area contributed by atoms with Crippen LogP contribution in [-0.2, 0) is 17.1 Å². The number of imidazole rings is 1. The maximum absolute atomic E-state index is 12.8. The summed E-state index contributed by atoms with van der Waals surface area (Å²) < 4.78 is 28.6. The van der Waals surface area contributed by atoms with E-state index in [2.05, 4.69) is 20.3 Å².